The van der Waals surface area contributed by atoms with E-state index in [0.29, 0.717) is 6.54 Å². The van der Waals surface area contributed by atoms with Crippen LogP contribution in [-0.2, 0) is 20.1 Å². The number of nitrogens with zero attached hydrogens (tertiary/aromatic N) is 4. The van der Waals surface area contributed by atoms with Crippen molar-refractivity contribution >= 4 is 16.8 Å². The molecule has 0 aliphatic carbocycles. The van der Waals surface area contributed by atoms with Crippen LogP contribution in [0.2, 0.25) is 0 Å². The highest BCUT2D eigenvalue weighted by Crippen LogP contribution is 2.22. The van der Waals surface area contributed by atoms with Crippen LogP contribution < -0.4 is 0 Å². The van der Waals surface area contributed by atoms with Crippen LogP contribution in [0.25, 0.3) is 10.9 Å². The average molecular weight is 358 g/mol. The van der Waals surface area contributed by atoms with Gasteiger partial charge in [0.25, 0.3) is 5.91 Å². The standard InChI is InChI=1S/C22H22N4O/c1-24-16-20(19-10-6-7-11-21(19)24)22(27)25(2)13-18-12-23-26(15-18)14-17-8-4-3-5-9-17/h3-12,15-16H,13-14H2,1-2H3. The van der Waals surface area contributed by atoms with Crippen molar-refractivity contribution in [3.63, 3.8) is 0 Å². The van der Waals surface area contributed by atoms with Gasteiger partial charge < -0.3 is 9.47 Å². The lowest BCUT2D eigenvalue weighted by Crippen LogP contribution is -2.25. The second-order valence-electron chi connectivity index (χ2n) is 6.86. The average Bonchev–Trinajstić information content (AvgIpc) is 3.26. The van der Waals surface area contributed by atoms with Crippen molar-refractivity contribution in [2.75, 3.05) is 7.05 Å². The Hall–Kier alpha value is -3.34. The first-order chi connectivity index (χ1) is 13.1. The molecule has 0 fully saturated rings. The highest BCUT2D eigenvalue weighted by Gasteiger charge is 2.18. The molecule has 0 bridgehead atoms. The predicted molar refractivity (Wildman–Crippen MR) is 106 cm³/mol. The van der Waals surface area contributed by atoms with Crippen molar-refractivity contribution in [1.82, 2.24) is 19.2 Å². The monoisotopic (exact) mass is 358 g/mol. The second kappa shape index (κ2) is 7.11. The lowest BCUT2D eigenvalue weighted by atomic mass is 10.1. The predicted octanol–water partition coefficient (Wildman–Crippen LogP) is 3.70. The summed E-state index contributed by atoms with van der Waals surface area (Å²) >= 11 is 0. The maximum absolute atomic E-state index is 13.0. The minimum absolute atomic E-state index is 0.0163. The van der Waals surface area contributed by atoms with E-state index in [2.05, 4.69) is 17.2 Å². The molecule has 0 aliphatic heterocycles. The van der Waals surface area contributed by atoms with Crippen LogP contribution in [0, 0.1) is 0 Å². The molecule has 4 aromatic rings. The first kappa shape index (κ1) is 17.1. The largest absolute Gasteiger partial charge is 0.350 e. The molecular weight excluding hydrogens is 336 g/mol. The normalized spacial score (nSPS) is 11.0. The van der Waals surface area contributed by atoms with E-state index in [1.54, 1.807) is 4.90 Å². The molecular formula is C22H22N4O. The summed E-state index contributed by atoms with van der Waals surface area (Å²) in [5, 5.41) is 5.41. The maximum atomic E-state index is 13.0. The van der Waals surface area contributed by atoms with Crippen LogP contribution in [0.3, 0.4) is 0 Å². The Labute approximate surface area is 158 Å². The van der Waals surface area contributed by atoms with Crippen LogP contribution in [0.4, 0.5) is 0 Å². The molecule has 2 heterocycles. The fourth-order valence-electron chi connectivity index (χ4n) is 3.41. The summed E-state index contributed by atoms with van der Waals surface area (Å²) < 4.78 is 3.90. The molecule has 5 heteroatoms. The number of aryl methyl sites for hydroxylation is 1. The Kier molecular flexibility index (Phi) is 4.50. The van der Waals surface area contributed by atoms with Gasteiger partial charge >= 0.3 is 0 Å². The Bertz CT molecular complexity index is 1080. The number of carbonyl (C=O) groups is 1. The van der Waals surface area contributed by atoms with Crippen LogP contribution in [0.15, 0.2) is 73.2 Å². The molecule has 136 valence electrons. The Balaban J connectivity index is 1.49. The zero-order valence-corrected chi connectivity index (χ0v) is 15.5. The van der Waals surface area contributed by atoms with Crippen molar-refractivity contribution in [3.05, 3.63) is 89.9 Å². The van der Waals surface area contributed by atoms with E-state index in [1.807, 2.05) is 84.4 Å². The van der Waals surface area contributed by atoms with Crippen molar-refractivity contribution < 1.29 is 4.79 Å². The number of benzene rings is 2. The first-order valence-electron chi connectivity index (χ1n) is 8.96. The Morgan fingerprint density at radius 3 is 2.56 bits per heavy atom. The van der Waals surface area contributed by atoms with Crippen LogP contribution in [0.1, 0.15) is 21.5 Å². The number of amides is 1. The summed E-state index contributed by atoms with van der Waals surface area (Å²) in [5.41, 5.74) is 4.01. The van der Waals surface area contributed by atoms with Crippen LogP contribution >= 0.6 is 0 Å². The third kappa shape index (κ3) is 3.49. The summed E-state index contributed by atoms with van der Waals surface area (Å²) in [6.45, 7) is 1.25. The lowest BCUT2D eigenvalue weighted by Gasteiger charge is -2.15. The highest BCUT2D eigenvalue weighted by atomic mass is 16.2. The summed E-state index contributed by atoms with van der Waals surface area (Å²) in [5.74, 6) is 0.0163. The van der Waals surface area contributed by atoms with Crippen molar-refractivity contribution in [1.29, 1.82) is 0 Å². The van der Waals surface area contributed by atoms with Gasteiger partial charge in [-0.3, -0.25) is 9.48 Å². The zero-order valence-electron chi connectivity index (χ0n) is 15.5. The van der Waals surface area contributed by atoms with Gasteiger partial charge in [0, 0.05) is 49.5 Å². The minimum Gasteiger partial charge on any atom is -0.350 e. The summed E-state index contributed by atoms with van der Waals surface area (Å²) in [6.07, 6.45) is 5.73. The van der Waals surface area contributed by atoms with Crippen molar-refractivity contribution in [2.24, 2.45) is 7.05 Å². The zero-order chi connectivity index (χ0) is 18.8. The molecule has 4 rings (SSSR count). The van der Waals surface area contributed by atoms with E-state index in [1.165, 1.54) is 5.56 Å². The number of hydrogen-bond acceptors (Lipinski definition) is 2. The number of para-hydroxylation sites is 1. The molecule has 1 amide bonds. The number of carbonyl (C=O) groups excluding carboxylic acids is 1. The van der Waals surface area contributed by atoms with E-state index in [4.69, 9.17) is 0 Å². The van der Waals surface area contributed by atoms with Gasteiger partial charge in [0.2, 0.25) is 0 Å². The summed E-state index contributed by atoms with van der Waals surface area (Å²) in [6, 6.07) is 18.2. The van der Waals surface area contributed by atoms with E-state index < -0.39 is 0 Å². The van der Waals surface area contributed by atoms with E-state index in [0.717, 1.165) is 28.6 Å². The van der Waals surface area contributed by atoms with Gasteiger partial charge in [0.15, 0.2) is 0 Å². The van der Waals surface area contributed by atoms with E-state index >= 15 is 0 Å². The third-order valence-corrected chi connectivity index (χ3v) is 4.77. The summed E-state index contributed by atoms with van der Waals surface area (Å²) in [4.78, 5) is 14.7. The van der Waals surface area contributed by atoms with Gasteiger partial charge in [0.05, 0.1) is 18.3 Å². The van der Waals surface area contributed by atoms with Gasteiger partial charge in [-0.15, -0.1) is 0 Å². The molecule has 0 N–H and O–H groups in total. The SMILES string of the molecule is CN(Cc1cnn(Cc2ccccc2)c1)C(=O)c1cn(C)c2ccccc12. The number of fused-ring (bicyclic) bond motifs is 1. The smallest absolute Gasteiger partial charge is 0.256 e. The molecule has 0 saturated heterocycles. The molecule has 0 radical (unpaired) electrons. The van der Waals surface area contributed by atoms with E-state index in [-0.39, 0.29) is 5.91 Å². The Morgan fingerprint density at radius 2 is 1.74 bits per heavy atom. The van der Waals surface area contributed by atoms with Crippen LogP contribution in [0.5, 0.6) is 0 Å². The number of rotatable bonds is 5. The summed E-state index contributed by atoms with van der Waals surface area (Å²) in [7, 11) is 3.80. The lowest BCUT2D eigenvalue weighted by molar-refractivity contribution is 0.0787. The van der Waals surface area contributed by atoms with E-state index in [9.17, 15) is 4.79 Å². The van der Waals surface area contributed by atoms with Crippen molar-refractivity contribution in [3.8, 4) is 0 Å². The second-order valence-corrected chi connectivity index (χ2v) is 6.86. The minimum atomic E-state index is 0.0163. The molecule has 0 aliphatic rings. The molecule has 0 saturated carbocycles. The molecule has 0 unspecified atom stereocenters. The molecule has 2 aromatic heterocycles. The van der Waals surface area contributed by atoms with Gasteiger partial charge in [0.1, 0.15) is 0 Å². The fourth-order valence-corrected chi connectivity index (χ4v) is 3.41. The number of hydrogen-bond donors (Lipinski definition) is 0. The van der Waals surface area contributed by atoms with Crippen LogP contribution in [-0.4, -0.2) is 32.2 Å². The van der Waals surface area contributed by atoms with Gasteiger partial charge in [-0.05, 0) is 11.6 Å². The topological polar surface area (TPSA) is 43.1 Å². The fraction of sp³-hybridized carbons (Fsp3) is 0.182. The maximum Gasteiger partial charge on any atom is 0.256 e. The van der Waals surface area contributed by atoms with Gasteiger partial charge in [-0.1, -0.05) is 48.5 Å². The molecule has 0 atom stereocenters. The third-order valence-electron chi connectivity index (χ3n) is 4.77. The molecule has 27 heavy (non-hydrogen) atoms. The number of aromatic nitrogens is 3. The highest BCUT2D eigenvalue weighted by molar-refractivity contribution is 6.06. The quantitative estimate of drug-likeness (QED) is 0.546. The first-order valence-corrected chi connectivity index (χ1v) is 8.96. The van der Waals surface area contributed by atoms with Gasteiger partial charge in [-0.2, -0.15) is 5.10 Å². The molecule has 2 aromatic carbocycles. The Morgan fingerprint density at radius 1 is 1.00 bits per heavy atom. The van der Waals surface area contributed by atoms with Gasteiger partial charge in [-0.25, -0.2) is 0 Å². The molecule has 5 nitrogen and oxygen atoms in total. The molecule has 0 spiro atoms. The van der Waals surface area contributed by atoms with Crippen molar-refractivity contribution in [2.45, 2.75) is 13.1 Å².